The standard InChI is InChI=1S/C16H22ClN3/c1-2-20-16-6-4-3-5-14(16)15(18-20)12-19-9-7-13(11-17)8-10-19/h3-6,13H,2,7-12H2,1H3. The number of aromatic nitrogens is 2. The van der Waals surface area contributed by atoms with Crippen LogP contribution in [0.5, 0.6) is 0 Å². The van der Waals surface area contributed by atoms with Gasteiger partial charge in [0.25, 0.3) is 0 Å². The van der Waals surface area contributed by atoms with Crippen LogP contribution in [0.2, 0.25) is 0 Å². The van der Waals surface area contributed by atoms with E-state index in [4.69, 9.17) is 16.7 Å². The van der Waals surface area contributed by atoms with Crippen LogP contribution in [0.15, 0.2) is 24.3 Å². The normalized spacial score (nSPS) is 17.9. The number of fused-ring (bicyclic) bond motifs is 1. The molecular weight excluding hydrogens is 270 g/mol. The fraction of sp³-hybridized carbons (Fsp3) is 0.562. The third kappa shape index (κ3) is 2.70. The molecule has 2 aromatic rings. The fourth-order valence-corrected chi connectivity index (χ4v) is 3.37. The average molecular weight is 292 g/mol. The van der Waals surface area contributed by atoms with Crippen LogP contribution < -0.4 is 0 Å². The highest BCUT2D eigenvalue weighted by Gasteiger charge is 2.20. The average Bonchev–Trinajstić information content (AvgIpc) is 2.86. The van der Waals surface area contributed by atoms with Crippen LogP contribution >= 0.6 is 11.6 Å². The van der Waals surface area contributed by atoms with Gasteiger partial charge in [0.15, 0.2) is 0 Å². The van der Waals surface area contributed by atoms with Gasteiger partial charge in [0.1, 0.15) is 0 Å². The molecule has 0 aliphatic carbocycles. The molecular formula is C16H22ClN3. The van der Waals surface area contributed by atoms with E-state index in [1.165, 1.54) is 29.4 Å². The second-order valence-corrected chi connectivity index (χ2v) is 5.96. The second-order valence-electron chi connectivity index (χ2n) is 5.65. The minimum atomic E-state index is 0.706. The molecule has 108 valence electrons. The predicted molar refractivity (Wildman–Crippen MR) is 84.1 cm³/mol. The first-order valence-electron chi connectivity index (χ1n) is 7.54. The number of halogens is 1. The smallest absolute Gasteiger partial charge is 0.0843 e. The molecule has 2 heterocycles. The number of benzene rings is 1. The summed E-state index contributed by atoms with van der Waals surface area (Å²) < 4.78 is 2.11. The zero-order valence-electron chi connectivity index (χ0n) is 12.1. The molecule has 3 nitrogen and oxygen atoms in total. The largest absolute Gasteiger partial charge is 0.297 e. The van der Waals surface area contributed by atoms with Crippen LogP contribution in [-0.2, 0) is 13.1 Å². The highest BCUT2D eigenvalue weighted by Crippen LogP contribution is 2.23. The summed E-state index contributed by atoms with van der Waals surface area (Å²) in [6, 6.07) is 8.55. The molecule has 1 aromatic carbocycles. The Balaban J connectivity index is 1.78. The lowest BCUT2D eigenvalue weighted by Gasteiger charge is -2.30. The van der Waals surface area contributed by atoms with Crippen molar-refractivity contribution in [1.29, 1.82) is 0 Å². The molecule has 0 saturated carbocycles. The summed E-state index contributed by atoms with van der Waals surface area (Å²) in [7, 11) is 0. The molecule has 1 aromatic heterocycles. The van der Waals surface area contributed by atoms with Gasteiger partial charge in [0, 0.05) is 24.4 Å². The van der Waals surface area contributed by atoms with Gasteiger partial charge in [-0.1, -0.05) is 18.2 Å². The highest BCUT2D eigenvalue weighted by molar-refractivity contribution is 6.18. The lowest BCUT2D eigenvalue weighted by atomic mass is 9.99. The van der Waals surface area contributed by atoms with Gasteiger partial charge in [-0.2, -0.15) is 5.10 Å². The van der Waals surface area contributed by atoms with E-state index >= 15 is 0 Å². The maximum atomic E-state index is 5.95. The van der Waals surface area contributed by atoms with Crippen molar-refractivity contribution >= 4 is 22.5 Å². The number of para-hydroxylation sites is 1. The third-order valence-corrected chi connectivity index (χ3v) is 4.77. The SMILES string of the molecule is CCn1nc(CN2CCC(CCl)CC2)c2ccccc21. The number of likely N-dealkylation sites (tertiary alicyclic amines) is 1. The van der Waals surface area contributed by atoms with Crippen LogP contribution in [0, 0.1) is 5.92 Å². The molecule has 0 spiro atoms. The monoisotopic (exact) mass is 291 g/mol. The number of hydrogen-bond donors (Lipinski definition) is 0. The summed E-state index contributed by atoms with van der Waals surface area (Å²) in [6.07, 6.45) is 2.44. The summed E-state index contributed by atoms with van der Waals surface area (Å²) in [5, 5.41) is 6.09. The van der Waals surface area contributed by atoms with Gasteiger partial charge in [0.05, 0.1) is 11.2 Å². The Morgan fingerprint density at radius 1 is 1.25 bits per heavy atom. The molecule has 20 heavy (non-hydrogen) atoms. The Kier molecular flexibility index (Phi) is 4.27. The summed E-state index contributed by atoms with van der Waals surface area (Å²) in [5.41, 5.74) is 2.47. The van der Waals surface area contributed by atoms with Crippen molar-refractivity contribution in [2.45, 2.75) is 32.9 Å². The minimum absolute atomic E-state index is 0.706. The van der Waals surface area contributed by atoms with Crippen molar-refractivity contribution in [2.24, 2.45) is 5.92 Å². The fourth-order valence-electron chi connectivity index (χ4n) is 3.06. The van der Waals surface area contributed by atoms with Crippen molar-refractivity contribution in [1.82, 2.24) is 14.7 Å². The molecule has 1 fully saturated rings. The lowest BCUT2D eigenvalue weighted by Crippen LogP contribution is -2.33. The zero-order chi connectivity index (χ0) is 13.9. The van der Waals surface area contributed by atoms with Gasteiger partial charge in [-0.25, -0.2) is 0 Å². The molecule has 0 N–H and O–H groups in total. The van der Waals surface area contributed by atoms with Crippen LogP contribution in [0.4, 0.5) is 0 Å². The molecule has 1 saturated heterocycles. The predicted octanol–water partition coefficient (Wildman–Crippen LogP) is 3.51. The third-order valence-electron chi connectivity index (χ3n) is 4.33. The van der Waals surface area contributed by atoms with Crippen molar-refractivity contribution < 1.29 is 0 Å². The van der Waals surface area contributed by atoms with Gasteiger partial charge in [-0.3, -0.25) is 9.58 Å². The quantitative estimate of drug-likeness (QED) is 0.804. The van der Waals surface area contributed by atoms with Gasteiger partial charge < -0.3 is 0 Å². The number of aryl methyl sites for hydroxylation is 1. The molecule has 4 heteroatoms. The topological polar surface area (TPSA) is 21.1 Å². The Labute approximate surface area is 125 Å². The van der Waals surface area contributed by atoms with Gasteiger partial charge >= 0.3 is 0 Å². The van der Waals surface area contributed by atoms with Crippen LogP contribution in [0.3, 0.4) is 0 Å². The summed E-state index contributed by atoms with van der Waals surface area (Å²) in [6.45, 7) is 6.32. The summed E-state index contributed by atoms with van der Waals surface area (Å²) in [5.74, 6) is 1.51. The Hall–Kier alpha value is -1.06. The maximum absolute atomic E-state index is 5.95. The first-order chi connectivity index (χ1) is 9.81. The molecule has 1 aliphatic heterocycles. The van der Waals surface area contributed by atoms with E-state index < -0.39 is 0 Å². The number of alkyl halides is 1. The Morgan fingerprint density at radius 2 is 2.00 bits per heavy atom. The molecule has 1 aliphatic rings. The van der Waals surface area contributed by atoms with Gasteiger partial charge in [-0.05, 0) is 44.8 Å². The lowest BCUT2D eigenvalue weighted by molar-refractivity contribution is 0.185. The Bertz CT molecular complexity index is 570. The number of hydrogen-bond acceptors (Lipinski definition) is 2. The molecule has 0 bridgehead atoms. The first-order valence-corrected chi connectivity index (χ1v) is 8.08. The van der Waals surface area contributed by atoms with E-state index in [0.29, 0.717) is 5.92 Å². The summed E-state index contributed by atoms with van der Waals surface area (Å²) >= 11 is 5.95. The van der Waals surface area contributed by atoms with Gasteiger partial charge in [0.2, 0.25) is 0 Å². The van der Waals surface area contributed by atoms with E-state index in [0.717, 1.165) is 32.1 Å². The highest BCUT2D eigenvalue weighted by atomic mass is 35.5. The first kappa shape index (κ1) is 13.9. The Morgan fingerprint density at radius 3 is 2.70 bits per heavy atom. The second kappa shape index (κ2) is 6.15. The maximum Gasteiger partial charge on any atom is 0.0843 e. The molecule has 0 radical (unpaired) electrons. The number of piperidine rings is 1. The number of rotatable bonds is 4. The van der Waals surface area contributed by atoms with Crippen LogP contribution in [0.1, 0.15) is 25.5 Å². The summed E-state index contributed by atoms with van der Waals surface area (Å²) in [4.78, 5) is 2.51. The van der Waals surface area contributed by atoms with Gasteiger partial charge in [-0.15, -0.1) is 11.6 Å². The van der Waals surface area contributed by atoms with E-state index in [-0.39, 0.29) is 0 Å². The number of nitrogens with zero attached hydrogens (tertiary/aromatic N) is 3. The van der Waals surface area contributed by atoms with Crippen molar-refractivity contribution in [2.75, 3.05) is 19.0 Å². The zero-order valence-corrected chi connectivity index (χ0v) is 12.8. The van der Waals surface area contributed by atoms with Crippen molar-refractivity contribution in [3.05, 3.63) is 30.0 Å². The molecule has 0 atom stereocenters. The van der Waals surface area contributed by atoms with E-state index in [1.54, 1.807) is 0 Å². The molecule has 3 rings (SSSR count). The van der Waals surface area contributed by atoms with E-state index in [2.05, 4.69) is 40.8 Å². The van der Waals surface area contributed by atoms with Crippen LogP contribution in [-0.4, -0.2) is 33.6 Å². The molecule has 0 amide bonds. The van der Waals surface area contributed by atoms with E-state index in [1.807, 2.05) is 0 Å². The van der Waals surface area contributed by atoms with Crippen molar-refractivity contribution in [3.8, 4) is 0 Å². The molecule has 0 unspecified atom stereocenters. The van der Waals surface area contributed by atoms with Crippen LogP contribution in [0.25, 0.3) is 10.9 Å². The minimum Gasteiger partial charge on any atom is -0.297 e. The van der Waals surface area contributed by atoms with E-state index in [9.17, 15) is 0 Å². The van der Waals surface area contributed by atoms with Crippen molar-refractivity contribution in [3.63, 3.8) is 0 Å².